The lowest BCUT2D eigenvalue weighted by molar-refractivity contribution is 0.110. The van der Waals surface area contributed by atoms with Crippen LogP contribution in [0.2, 0.25) is 0 Å². The van der Waals surface area contributed by atoms with Crippen LogP contribution in [0.5, 0.6) is 0 Å². The van der Waals surface area contributed by atoms with E-state index in [4.69, 9.17) is 0 Å². The largest absolute Gasteiger partial charge is 0.303 e. The number of nitrogens with zero attached hydrogens (tertiary/aromatic N) is 1. The molecule has 0 spiro atoms. The Kier molecular flexibility index (Phi) is 4.82. The molecule has 1 aliphatic carbocycles. The maximum Gasteiger partial charge on any atom is 0.00458 e. The number of thiol groups is 1. The maximum atomic E-state index is 4.62. The molecule has 0 atom stereocenters. The second kappa shape index (κ2) is 5.97. The Balaban J connectivity index is 1.81. The van der Waals surface area contributed by atoms with Crippen LogP contribution in [0.1, 0.15) is 52.4 Å². The predicted molar refractivity (Wildman–Crippen MR) is 78.8 cm³/mol. The molecule has 0 aromatic carbocycles. The first-order valence-corrected chi connectivity index (χ1v) is 8.12. The number of piperidine rings is 1. The zero-order valence-corrected chi connectivity index (χ0v) is 12.5. The van der Waals surface area contributed by atoms with Gasteiger partial charge in [-0.15, -0.1) is 0 Å². The molecule has 17 heavy (non-hydrogen) atoms. The van der Waals surface area contributed by atoms with Crippen molar-refractivity contribution in [2.45, 2.75) is 52.4 Å². The van der Waals surface area contributed by atoms with Crippen LogP contribution in [0.15, 0.2) is 0 Å². The van der Waals surface area contributed by atoms with Gasteiger partial charge in [0.05, 0.1) is 0 Å². The smallest absolute Gasteiger partial charge is 0.00458 e. The summed E-state index contributed by atoms with van der Waals surface area (Å²) >= 11 is 4.62. The van der Waals surface area contributed by atoms with Crippen molar-refractivity contribution < 1.29 is 0 Å². The first-order valence-electron chi connectivity index (χ1n) is 7.48. The van der Waals surface area contributed by atoms with Crippen molar-refractivity contribution in [1.82, 2.24) is 4.90 Å². The average molecular weight is 255 g/mol. The summed E-state index contributed by atoms with van der Waals surface area (Å²) in [6, 6.07) is 0. The third-order valence-corrected chi connectivity index (χ3v) is 5.80. The van der Waals surface area contributed by atoms with Gasteiger partial charge in [-0.1, -0.05) is 26.7 Å². The van der Waals surface area contributed by atoms with Gasteiger partial charge in [-0.2, -0.15) is 12.6 Å². The van der Waals surface area contributed by atoms with E-state index in [1.807, 2.05) is 0 Å². The highest BCUT2D eigenvalue weighted by Gasteiger charge is 2.35. The summed E-state index contributed by atoms with van der Waals surface area (Å²) in [5.74, 6) is 2.95. The summed E-state index contributed by atoms with van der Waals surface area (Å²) in [5, 5.41) is 0. The molecule has 1 nitrogen and oxygen atoms in total. The lowest BCUT2D eigenvalue weighted by Crippen LogP contribution is -2.42. The molecule has 1 aliphatic heterocycles. The van der Waals surface area contributed by atoms with Crippen molar-refractivity contribution in [2.75, 3.05) is 25.4 Å². The van der Waals surface area contributed by atoms with Crippen molar-refractivity contribution >= 4 is 12.6 Å². The molecule has 100 valence electrons. The zero-order valence-electron chi connectivity index (χ0n) is 11.6. The molecule has 2 rings (SSSR count). The molecule has 0 aromatic heterocycles. The minimum Gasteiger partial charge on any atom is -0.303 e. The molecule has 2 aliphatic rings. The molecule has 0 N–H and O–H groups in total. The van der Waals surface area contributed by atoms with Crippen molar-refractivity contribution in [1.29, 1.82) is 0 Å². The van der Waals surface area contributed by atoms with Crippen LogP contribution in [0, 0.1) is 17.3 Å². The van der Waals surface area contributed by atoms with Crippen molar-refractivity contribution in [3.8, 4) is 0 Å². The van der Waals surface area contributed by atoms with E-state index in [9.17, 15) is 0 Å². The molecular weight excluding hydrogens is 226 g/mol. The van der Waals surface area contributed by atoms with Gasteiger partial charge >= 0.3 is 0 Å². The Bertz CT molecular complexity index is 225. The van der Waals surface area contributed by atoms with Crippen LogP contribution in [0.3, 0.4) is 0 Å². The fourth-order valence-corrected chi connectivity index (χ4v) is 4.16. The van der Waals surface area contributed by atoms with E-state index < -0.39 is 0 Å². The molecule has 0 unspecified atom stereocenters. The quantitative estimate of drug-likeness (QED) is 0.747. The fourth-order valence-electron chi connectivity index (χ4n) is 3.74. The van der Waals surface area contributed by atoms with E-state index in [1.165, 1.54) is 58.2 Å². The summed E-state index contributed by atoms with van der Waals surface area (Å²) in [4.78, 5) is 2.72. The van der Waals surface area contributed by atoms with Crippen LogP contribution in [0.4, 0.5) is 0 Å². The van der Waals surface area contributed by atoms with E-state index in [-0.39, 0.29) is 0 Å². The molecule has 0 bridgehead atoms. The van der Waals surface area contributed by atoms with Crippen LogP contribution >= 0.6 is 12.6 Å². The van der Waals surface area contributed by atoms with Gasteiger partial charge in [0.2, 0.25) is 0 Å². The van der Waals surface area contributed by atoms with E-state index in [1.54, 1.807) is 0 Å². The van der Waals surface area contributed by atoms with Gasteiger partial charge in [0.15, 0.2) is 0 Å². The average Bonchev–Trinajstić information content (AvgIpc) is 2.79. The number of hydrogen-bond donors (Lipinski definition) is 1. The van der Waals surface area contributed by atoms with E-state index in [0.717, 1.165) is 17.6 Å². The highest BCUT2D eigenvalue weighted by Crippen LogP contribution is 2.40. The SMILES string of the molecule is CC(C)C1CCN(CC2(CS)CCCC2)CC1. The molecule has 2 heteroatoms. The Morgan fingerprint density at radius 1 is 1.18 bits per heavy atom. The summed E-state index contributed by atoms with van der Waals surface area (Å²) < 4.78 is 0. The lowest BCUT2D eigenvalue weighted by atomic mass is 9.84. The highest BCUT2D eigenvalue weighted by atomic mass is 32.1. The minimum atomic E-state index is 0.563. The highest BCUT2D eigenvalue weighted by molar-refractivity contribution is 7.80. The minimum absolute atomic E-state index is 0.563. The topological polar surface area (TPSA) is 3.24 Å². The number of likely N-dealkylation sites (tertiary alicyclic amines) is 1. The van der Waals surface area contributed by atoms with Crippen molar-refractivity contribution in [2.24, 2.45) is 17.3 Å². The third kappa shape index (κ3) is 3.41. The molecule has 1 saturated carbocycles. The maximum absolute atomic E-state index is 4.62. The van der Waals surface area contributed by atoms with Gasteiger partial charge in [-0.05, 0) is 61.8 Å². The van der Waals surface area contributed by atoms with E-state index in [2.05, 4.69) is 31.4 Å². The van der Waals surface area contributed by atoms with Gasteiger partial charge in [0, 0.05) is 6.54 Å². The normalized spacial score (nSPS) is 26.8. The van der Waals surface area contributed by atoms with Crippen LogP contribution in [0.25, 0.3) is 0 Å². The van der Waals surface area contributed by atoms with Crippen LogP contribution < -0.4 is 0 Å². The summed E-state index contributed by atoms with van der Waals surface area (Å²) in [6.07, 6.45) is 8.54. The van der Waals surface area contributed by atoms with Gasteiger partial charge in [0.25, 0.3) is 0 Å². The summed E-state index contributed by atoms with van der Waals surface area (Å²) in [6.45, 7) is 8.75. The Labute approximate surface area is 113 Å². The summed E-state index contributed by atoms with van der Waals surface area (Å²) in [5.41, 5.74) is 0.563. The lowest BCUT2D eigenvalue weighted by Gasteiger charge is -2.39. The van der Waals surface area contributed by atoms with E-state index >= 15 is 0 Å². The fraction of sp³-hybridized carbons (Fsp3) is 1.00. The first-order chi connectivity index (χ1) is 8.15. The predicted octanol–water partition coefficient (Wildman–Crippen LogP) is 3.84. The molecule has 1 saturated heterocycles. The standard InChI is InChI=1S/C15H29NS/c1-13(2)14-5-9-16(10-6-14)11-15(12-17)7-3-4-8-15/h13-14,17H,3-12H2,1-2H3. The first kappa shape index (κ1) is 13.7. The Morgan fingerprint density at radius 3 is 2.24 bits per heavy atom. The van der Waals surface area contributed by atoms with Gasteiger partial charge in [-0.3, -0.25) is 0 Å². The van der Waals surface area contributed by atoms with Crippen LogP contribution in [-0.2, 0) is 0 Å². The monoisotopic (exact) mass is 255 g/mol. The molecular formula is C15H29NS. The second-order valence-corrected chi connectivity index (χ2v) is 7.04. The third-order valence-electron chi connectivity index (χ3n) is 5.13. The number of hydrogen-bond acceptors (Lipinski definition) is 2. The van der Waals surface area contributed by atoms with Gasteiger partial charge in [0.1, 0.15) is 0 Å². The van der Waals surface area contributed by atoms with Crippen molar-refractivity contribution in [3.05, 3.63) is 0 Å². The molecule has 0 amide bonds. The number of rotatable bonds is 4. The van der Waals surface area contributed by atoms with Crippen LogP contribution in [-0.4, -0.2) is 30.3 Å². The summed E-state index contributed by atoms with van der Waals surface area (Å²) in [7, 11) is 0. The molecule has 0 aromatic rings. The molecule has 0 radical (unpaired) electrons. The molecule has 1 heterocycles. The van der Waals surface area contributed by atoms with Gasteiger partial charge < -0.3 is 4.90 Å². The van der Waals surface area contributed by atoms with Gasteiger partial charge in [-0.25, -0.2) is 0 Å². The Morgan fingerprint density at radius 2 is 1.76 bits per heavy atom. The Hall–Kier alpha value is 0.310. The van der Waals surface area contributed by atoms with E-state index in [0.29, 0.717) is 5.41 Å². The molecule has 2 fully saturated rings. The van der Waals surface area contributed by atoms with Crippen molar-refractivity contribution in [3.63, 3.8) is 0 Å². The second-order valence-electron chi connectivity index (χ2n) is 6.72. The zero-order chi connectivity index (χ0) is 12.3.